The van der Waals surface area contributed by atoms with Gasteiger partial charge in [0, 0.05) is 11.8 Å². The molecule has 1 aliphatic heterocycles. The van der Waals surface area contributed by atoms with Gasteiger partial charge >= 0.3 is 5.97 Å². The maximum absolute atomic E-state index is 14.3. The summed E-state index contributed by atoms with van der Waals surface area (Å²) in [5.41, 5.74) is 1.38. The Labute approximate surface area is 234 Å². The SMILES string of the molecule is O=C(Nc1ccc(CC(=O)N2C[C@@H](F)C[C@H]2COC2CCC(C(=O)O)CC2)cc1Cl)c1nsc2ccccc12. The normalized spacial score (nSPS) is 23.2. The fraction of sp³-hybridized carbons (Fsp3) is 0.429. The maximum Gasteiger partial charge on any atom is 0.306 e. The predicted molar refractivity (Wildman–Crippen MR) is 147 cm³/mol. The lowest BCUT2D eigenvalue weighted by atomic mass is 9.87. The van der Waals surface area contributed by atoms with Gasteiger partial charge in [-0.2, -0.15) is 4.37 Å². The molecular formula is C28H29ClFN3O5S. The summed E-state index contributed by atoms with van der Waals surface area (Å²) >= 11 is 7.69. The van der Waals surface area contributed by atoms with Crippen LogP contribution in [0.1, 0.15) is 48.2 Å². The lowest BCUT2D eigenvalue weighted by molar-refractivity contribution is -0.144. The van der Waals surface area contributed by atoms with Crippen molar-refractivity contribution in [3.63, 3.8) is 0 Å². The number of benzene rings is 2. The number of nitrogens with zero attached hydrogens (tertiary/aromatic N) is 2. The molecular weight excluding hydrogens is 545 g/mol. The minimum Gasteiger partial charge on any atom is -0.481 e. The topological polar surface area (TPSA) is 109 Å². The van der Waals surface area contributed by atoms with Crippen LogP contribution in [0.4, 0.5) is 10.1 Å². The Kier molecular flexibility index (Phi) is 8.44. The molecule has 39 heavy (non-hydrogen) atoms. The Morgan fingerprint density at radius 3 is 2.67 bits per heavy atom. The fourth-order valence-electron chi connectivity index (χ4n) is 5.32. The molecule has 1 saturated heterocycles. The number of hydrogen-bond acceptors (Lipinski definition) is 6. The van der Waals surface area contributed by atoms with Crippen LogP contribution in [0.5, 0.6) is 0 Å². The van der Waals surface area contributed by atoms with Crippen molar-refractivity contribution in [2.24, 2.45) is 5.92 Å². The minimum atomic E-state index is -1.12. The van der Waals surface area contributed by atoms with Gasteiger partial charge in [-0.1, -0.05) is 35.9 Å². The first-order chi connectivity index (χ1) is 18.8. The van der Waals surface area contributed by atoms with Crippen LogP contribution in [0, 0.1) is 5.92 Å². The predicted octanol–water partition coefficient (Wildman–Crippen LogP) is 5.34. The zero-order valence-electron chi connectivity index (χ0n) is 21.1. The molecule has 2 atom stereocenters. The van der Waals surface area contributed by atoms with Crippen LogP contribution in [0.15, 0.2) is 42.5 Å². The van der Waals surface area contributed by atoms with Gasteiger partial charge in [0.1, 0.15) is 11.9 Å². The minimum absolute atomic E-state index is 0.0160. The number of hydrogen-bond donors (Lipinski definition) is 2. The van der Waals surface area contributed by atoms with Crippen molar-refractivity contribution in [2.75, 3.05) is 18.5 Å². The number of carbonyl (C=O) groups is 3. The molecule has 0 bridgehead atoms. The number of fused-ring (bicyclic) bond motifs is 1. The highest BCUT2D eigenvalue weighted by molar-refractivity contribution is 7.13. The third-order valence-electron chi connectivity index (χ3n) is 7.46. The van der Waals surface area contributed by atoms with E-state index >= 15 is 0 Å². The highest BCUT2D eigenvalue weighted by Crippen LogP contribution is 2.30. The summed E-state index contributed by atoms with van der Waals surface area (Å²) in [6.07, 6.45) is 1.50. The number of carboxylic acids is 1. The van der Waals surface area contributed by atoms with E-state index in [1.165, 1.54) is 16.4 Å². The molecule has 11 heteroatoms. The summed E-state index contributed by atoms with van der Waals surface area (Å²) in [5.74, 6) is -1.70. The number of carboxylic acid groups (broad SMARTS) is 1. The molecule has 206 valence electrons. The molecule has 3 aromatic rings. The average molecular weight is 574 g/mol. The van der Waals surface area contributed by atoms with E-state index in [-0.39, 0.29) is 60.9 Å². The second kappa shape index (κ2) is 12.0. The molecule has 2 amide bonds. The summed E-state index contributed by atoms with van der Waals surface area (Å²) in [5, 5.41) is 13.0. The van der Waals surface area contributed by atoms with Gasteiger partial charge < -0.3 is 20.1 Å². The van der Waals surface area contributed by atoms with Crippen LogP contribution < -0.4 is 5.32 Å². The van der Waals surface area contributed by atoms with Gasteiger partial charge in [0.25, 0.3) is 5.91 Å². The summed E-state index contributed by atoms with van der Waals surface area (Å²) in [6.45, 7) is 0.244. The molecule has 2 heterocycles. The monoisotopic (exact) mass is 573 g/mol. The molecule has 1 saturated carbocycles. The lowest BCUT2D eigenvalue weighted by Gasteiger charge is -2.29. The first-order valence-electron chi connectivity index (χ1n) is 13.0. The van der Waals surface area contributed by atoms with E-state index < -0.39 is 12.1 Å². The largest absolute Gasteiger partial charge is 0.481 e. The lowest BCUT2D eigenvalue weighted by Crippen LogP contribution is -2.40. The van der Waals surface area contributed by atoms with E-state index in [4.69, 9.17) is 21.4 Å². The number of likely N-dealkylation sites (tertiary alicyclic amines) is 1. The molecule has 2 aliphatic rings. The van der Waals surface area contributed by atoms with Gasteiger partial charge in [0.05, 0.1) is 53.0 Å². The smallest absolute Gasteiger partial charge is 0.306 e. The molecule has 0 spiro atoms. The van der Waals surface area contributed by atoms with Crippen molar-refractivity contribution in [1.82, 2.24) is 9.27 Å². The van der Waals surface area contributed by atoms with Crippen LogP contribution in [-0.2, 0) is 20.7 Å². The molecule has 0 radical (unpaired) electrons. The van der Waals surface area contributed by atoms with Crippen molar-refractivity contribution >= 4 is 56.7 Å². The third kappa shape index (κ3) is 6.40. The number of aromatic nitrogens is 1. The fourth-order valence-corrected chi connectivity index (χ4v) is 6.35. The zero-order chi connectivity index (χ0) is 27.5. The number of ether oxygens (including phenoxy) is 1. The van der Waals surface area contributed by atoms with Gasteiger partial charge in [0.2, 0.25) is 5.91 Å². The second-order valence-electron chi connectivity index (χ2n) is 10.2. The number of halogens is 2. The van der Waals surface area contributed by atoms with E-state index in [2.05, 4.69) is 9.69 Å². The first kappa shape index (κ1) is 27.5. The molecule has 1 aromatic heterocycles. The Morgan fingerprint density at radius 1 is 1.15 bits per heavy atom. The number of alkyl halides is 1. The molecule has 2 fully saturated rings. The van der Waals surface area contributed by atoms with E-state index in [1.807, 2.05) is 24.3 Å². The van der Waals surface area contributed by atoms with Crippen LogP contribution in [0.3, 0.4) is 0 Å². The highest BCUT2D eigenvalue weighted by atomic mass is 35.5. The Balaban J connectivity index is 1.17. The van der Waals surface area contributed by atoms with Crippen molar-refractivity contribution in [2.45, 2.75) is 56.8 Å². The molecule has 1 aliphatic carbocycles. The molecule has 8 nitrogen and oxygen atoms in total. The quantitative estimate of drug-likeness (QED) is 0.376. The Bertz CT molecular complexity index is 1380. The molecule has 5 rings (SSSR count). The van der Waals surface area contributed by atoms with Crippen molar-refractivity contribution in [1.29, 1.82) is 0 Å². The van der Waals surface area contributed by atoms with Gasteiger partial charge in [-0.15, -0.1) is 0 Å². The molecule has 2 N–H and O–H groups in total. The van der Waals surface area contributed by atoms with Crippen LogP contribution in [0.25, 0.3) is 10.1 Å². The summed E-state index contributed by atoms with van der Waals surface area (Å²) < 4.78 is 25.5. The Hall–Kier alpha value is -3.08. The zero-order valence-corrected chi connectivity index (χ0v) is 22.7. The number of nitrogens with one attached hydrogen (secondary N) is 1. The number of anilines is 1. The second-order valence-corrected chi connectivity index (χ2v) is 11.4. The first-order valence-corrected chi connectivity index (χ1v) is 14.2. The maximum atomic E-state index is 14.3. The summed E-state index contributed by atoms with van der Waals surface area (Å²) in [7, 11) is 0. The number of aliphatic carboxylic acids is 1. The summed E-state index contributed by atoms with van der Waals surface area (Å²) in [6, 6.07) is 12.1. The Morgan fingerprint density at radius 2 is 1.92 bits per heavy atom. The summed E-state index contributed by atoms with van der Waals surface area (Å²) in [4.78, 5) is 38.6. The van der Waals surface area contributed by atoms with Crippen molar-refractivity contribution in [3.8, 4) is 0 Å². The van der Waals surface area contributed by atoms with Crippen LogP contribution in [0.2, 0.25) is 5.02 Å². The van der Waals surface area contributed by atoms with Gasteiger partial charge in [-0.3, -0.25) is 14.4 Å². The number of amides is 2. The average Bonchev–Trinajstić information content (AvgIpc) is 3.52. The van der Waals surface area contributed by atoms with Gasteiger partial charge in [0.15, 0.2) is 0 Å². The molecule has 0 unspecified atom stereocenters. The van der Waals surface area contributed by atoms with Gasteiger partial charge in [-0.05, 0) is 61.0 Å². The number of rotatable bonds is 8. The number of carbonyl (C=O) groups excluding carboxylic acids is 2. The third-order valence-corrected chi connectivity index (χ3v) is 8.60. The molecule has 2 aromatic carbocycles. The van der Waals surface area contributed by atoms with E-state index in [1.54, 1.807) is 18.2 Å². The highest BCUT2D eigenvalue weighted by Gasteiger charge is 2.36. The standard InChI is InChI=1S/C28H29ClFN3O5S/c29-22-11-16(5-10-23(22)31-27(35)26-21-3-1-2-4-24(21)39-32-26)12-25(34)33-14-18(30)13-19(33)15-38-20-8-6-17(7-9-20)28(36)37/h1-5,10-11,17-20H,6-9,12-15H2,(H,31,35)(H,36,37)/t17?,18-,19-,20?/m0/s1. The van der Waals surface area contributed by atoms with E-state index in [9.17, 15) is 18.8 Å². The van der Waals surface area contributed by atoms with Crippen LogP contribution in [-0.4, -0.2) is 63.6 Å². The van der Waals surface area contributed by atoms with Crippen molar-refractivity contribution in [3.05, 3.63) is 58.7 Å². The van der Waals surface area contributed by atoms with Crippen LogP contribution >= 0.6 is 23.1 Å². The van der Waals surface area contributed by atoms with E-state index in [0.717, 1.165) is 10.1 Å². The van der Waals surface area contributed by atoms with Crippen molar-refractivity contribution < 1.29 is 28.6 Å². The van der Waals surface area contributed by atoms with E-state index in [0.29, 0.717) is 42.6 Å². The van der Waals surface area contributed by atoms with Gasteiger partial charge in [-0.25, -0.2) is 4.39 Å².